The summed E-state index contributed by atoms with van der Waals surface area (Å²) in [7, 11) is -3.93. The minimum Gasteiger partial charge on any atom is -0.348 e. The van der Waals surface area contributed by atoms with Crippen LogP contribution in [0.25, 0.3) is 0 Å². The number of hydrogen-bond donors (Lipinski definition) is 1. The molecule has 3 aromatic carbocycles. The van der Waals surface area contributed by atoms with Crippen LogP contribution in [-0.4, -0.2) is 20.9 Å². The summed E-state index contributed by atoms with van der Waals surface area (Å²) in [5.74, 6) is -0.369. The number of rotatable bonds is 7. The van der Waals surface area contributed by atoms with Crippen molar-refractivity contribution in [3.05, 3.63) is 95.1 Å². The fourth-order valence-corrected chi connectivity index (χ4v) is 5.33. The van der Waals surface area contributed by atoms with Gasteiger partial charge in [0.05, 0.1) is 16.6 Å². The van der Waals surface area contributed by atoms with E-state index < -0.39 is 10.0 Å². The van der Waals surface area contributed by atoms with Crippen molar-refractivity contribution in [1.29, 1.82) is 0 Å². The molecule has 0 aliphatic heterocycles. The van der Waals surface area contributed by atoms with Crippen LogP contribution in [0.5, 0.6) is 0 Å². The summed E-state index contributed by atoms with van der Waals surface area (Å²) >= 11 is 0. The topological polar surface area (TPSA) is 66.5 Å². The molecular weight excluding hydrogens is 444 g/mol. The lowest BCUT2D eigenvalue weighted by atomic mass is 9.86. The summed E-state index contributed by atoms with van der Waals surface area (Å²) in [5.41, 5.74) is 4.55. The van der Waals surface area contributed by atoms with Crippen LogP contribution in [0.2, 0.25) is 0 Å². The van der Waals surface area contributed by atoms with Crippen LogP contribution in [0, 0.1) is 13.8 Å². The molecule has 0 aromatic heterocycles. The fraction of sp³-hybridized carbons (Fsp3) is 0.321. The second-order valence-electron chi connectivity index (χ2n) is 9.83. The number of amides is 1. The van der Waals surface area contributed by atoms with Crippen LogP contribution in [0.3, 0.4) is 0 Å². The Hall–Kier alpha value is -3.12. The first-order chi connectivity index (χ1) is 15.9. The Morgan fingerprint density at radius 1 is 0.912 bits per heavy atom. The van der Waals surface area contributed by atoms with E-state index in [2.05, 4.69) is 38.2 Å². The van der Waals surface area contributed by atoms with Crippen molar-refractivity contribution in [3.8, 4) is 0 Å². The summed E-state index contributed by atoms with van der Waals surface area (Å²) in [6, 6.07) is 21.6. The first-order valence-corrected chi connectivity index (χ1v) is 12.9. The third-order valence-corrected chi connectivity index (χ3v) is 7.56. The van der Waals surface area contributed by atoms with Gasteiger partial charge in [0.2, 0.25) is 5.91 Å². The lowest BCUT2D eigenvalue weighted by molar-refractivity contribution is -0.120. The van der Waals surface area contributed by atoms with Gasteiger partial charge >= 0.3 is 0 Å². The number of anilines is 1. The molecule has 0 saturated carbocycles. The van der Waals surface area contributed by atoms with Crippen molar-refractivity contribution < 1.29 is 13.2 Å². The zero-order valence-corrected chi connectivity index (χ0v) is 21.6. The van der Waals surface area contributed by atoms with Crippen LogP contribution in [-0.2, 0) is 20.2 Å². The van der Waals surface area contributed by atoms with Crippen molar-refractivity contribution in [1.82, 2.24) is 5.32 Å². The summed E-state index contributed by atoms with van der Waals surface area (Å²) in [6.45, 7) is 11.9. The highest BCUT2D eigenvalue weighted by molar-refractivity contribution is 7.92. The van der Waals surface area contributed by atoms with E-state index in [0.29, 0.717) is 5.69 Å². The third kappa shape index (κ3) is 6.06. The number of nitrogens with one attached hydrogen (secondary N) is 1. The number of carbonyl (C=O) groups excluding carboxylic acids is 1. The van der Waals surface area contributed by atoms with E-state index in [0.717, 1.165) is 16.7 Å². The molecule has 5 nitrogen and oxygen atoms in total. The highest BCUT2D eigenvalue weighted by atomic mass is 32.2. The van der Waals surface area contributed by atoms with Gasteiger partial charge in [-0.2, -0.15) is 0 Å². The van der Waals surface area contributed by atoms with Gasteiger partial charge in [-0.15, -0.1) is 0 Å². The van der Waals surface area contributed by atoms with E-state index in [9.17, 15) is 13.2 Å². The Balaban J connectivity index is 1.87. The Morgan fingerprint density at radius 2 is 1.47 bits per heavy atom. The van der Waals surface area contributed by atoms with Crippen molar-refractivity contribution in [2.24, 2.45) is 0 Å². The number of hydrogen-bond acceptors (Lipinski definition) is 3. The van der Waals surface area contributed by atoms with Gasteiger partial charge < -0.3 is 5.32 Å². The molecule has 1 atom stereocenters. The summed E-state index contributed by atoms with van der Waals surface area (Å²) in [5, 5.41) is 2.96. The van der Waals surface area contributed by atoms with Crippen LogP contribution in [0.15, 0.2) is 77.7 Å². The molecule has 34 heavy (non-hydrogen) atoms. The van der Waals surface area contributed by atoms with E-state index in [-0.39, 0.29) is 28.8 Å². The van der Waals surface area contributed by atoms with Gasteiger partial charge in [0, 0.05) is 0 Å². The first-order valence-electron chi connectivity index (χ1n) is 11.4. The van der Waals surface area contributed by atoms with E-state index in [1.807, 2.05) is 39.0 Å². The summed E-state index contributed by atoms with van der Waals surface area (Å²) < 4.78 is 28.2. The minimum atomic E-state index is -3.93. The highest BCUT2D eigenvalue weighted by Gasteiger charge is 2.28. The standard InChI is InChI=1S/C28H34N2O3S/c1-20-16-21(2)18-25(17-20)30(34(32,33)26-10-8-7-9-11-26)19-27(31)29-22(3)23-12-14-24(15-13-23)28(4,5)6/h7-18,22H,19H2,1-6H3,(H,29,31)/t22-/m0/s1. The number of aryl methyl sites for hydroxylation is 2. The minimum absolute atomic E-state index is 0.0449. The van der Waals surface area contributed by atoms with Gasteiger partial charge in [-0.25, -0.2) is 8.42 Å². The molecule has 1 N–H and O–H groups in total. The van der Waals surface area contributed by atoms with E-state index >= 15 is 0 Å². The molecule has 3 rings (SSSR count). The lowest BCUT2D eigenvalue weighted by Crippen LogP contribution is -2.41. The van der Waals surface area contributed by atoms with Crippen LogP contribution >= 0.6 is 0 Å². The van der Waals surface area contributed by atoms with Crippen molar-refractivity contribution in [2.45, 2.75) is 57.9 Å². The molecule has 0 aliphatic carbocycles. The molecule has 0 fully saturated rings. The Bertz CT molecular complexity index is 1220. The highest BCUT2D eigenvalue weighted by Crippen LogP contribution is 2.27. The number of benzene rings is 3. The zero-order chi connectivity index (χ0) is 25.1. The molecule has 0 radical (unpaired) electrons. The van der Waals surface area contributed by atoms with Gasteiger partial charge in [0.25, 0.3) is 10.0 Å². The lowest BCUT2D eigenvalue weighted by Gasteiger charge is -2.26. The van der Waals surface area contributed by atoms with E-state index in [1.165, 1.54) is 9.87 Å². The van der Waals surface area contributed by atoms with Gasteiger partial charge in [0.15, 0.2) is 0 Å². The fourth-order valence-electron chi connectivity index (χ4n) is 3.90. The largest absolute Gasteiger partial charge is 0.348 e. The predicted octanol–water partition coefficient (Wildman–Crippen LogP) is 5.67. The zero-order valence-electron chi connectivity index (χ0n) is 20.8. The molecule has 0 bridgehead atoms. The molecule has 3 aromatic rings. The maximum Gasteiger partial charge on any atom is 0.264 e. The number of nitrogens with zero attached hydrogens (tertiary/aromatic N) is 1. The quantitative estimate of drug-likeness (QED) is 0.475. The van der Waals surface area contributed by atoms with Crippen molar-refractivity contribution >= 4 is 21.6 Å². The van der Waals surface area contributed by atoms with Gasteiger partial charge in [0.1, 0.15) is 6.54 Å². The molecule has 0 unspecified atom stereocenters. The molecular formula is C28H34N2O3S. The summed E-state index contributed by atoms with van der Waals surface area (Å²) in [4.78, 5) is 13.2. The van der Waals surface area contributed by atoms with Crippen molar-refractivity contribution in [3.63, 3.8) is 0 Å². The Labute approximate surface area is 203 Å². The number of sulfonamides is 1. The monoisotopic (exact) mass is 478 g/mol. The molecule has 180 valence electrons. The van der Waals surface area contributed by atoms with E-state index in [4.69, 9.17) is 0 Å². The first kappa shape index (κ1) is 25.5. The van der Waals surface area contributed by atoms with Crippen molar-refractivity contribution in [2.75, 3.05) is 10.8 Å². The van der Waals surface area contributed by atoms with Gasteiger partial charge in [-0.1, -0.05) is 69.3 Å². The average molecular weight is 479 g/mol. The molecule has 1 amide bonds. The Kier molecular flexibility index (Phi) is 7.51. The van der Waals surface area contributed by atoms with Gasteiger partial charge in [-0.05, 0) is 72.7 Å². The molecule has 0 spiro atoms. The smallest absolute Gasteiger partial charge is 0.264 e. The SMILES string of the molecule is Cc1cc(C)cc(N(CC(=O)N[C@@H](C)c2ccc(C(C)(C)C)cc2)S(=O)(=O)c2ccccc2)c1. The van der Waals surface area contributed by atoms with Crippen LogP contribution in [0.4, 0.5) is 5.69 Å². The normalized spacial score (nSPS) is 12.8. The molecule has 0 heterocycles. The predicted molar refractivity (Wildman–Crippen MR) is 139 cm³/mol. The second-order valence-corrected chi connectivity index (χ2v) is 11.7. The third-order valence-electron chi connectivity index (χ3n) is 5.77. The summed E-state index contributed by atoms with van der Waals surface area (Å²) in [6.07, 6.45) is 0. The maximum atomic E-state index is 13.5. The average Bonchev–Trinajstić information content (AvgIpc) is 2.76. The Morgan fingerprint density at radius 3 is 2.00 bits per heavy atom. The number of carbonyl (C=O) groups is 1. The van der Waals surface area contributed by atoms with Crippen LogP contribution in [0.1, 0.15) is 56.0 Å². The van der Waals surface area contributed by atoms with Gasteiger partial charge in [-0.3, -0.25) is 9.10 Å². The molecule has 6 heteroatoms. The molecule has 0 saturated heterocycles. The van der Waals surface area contributed by atoms with Crippen LogP contribution < -0.4 is 9.62 Å². The second kappa shape index (κ2) is 10.0. The maximum absolute atomic E-state index is 13.5. The van der Waals surface area contributed by atoms with E-state index in [1.54, 1.807) is 42.5 Å². The molecule has 0 aliphatic rings.